The van der Waals surface area contributed by atoms with E-state index in [-0.39, 0.29) is 5.78 Å². The molecular formula is C17H20N2O. The largest absolute Gasteiger partial charge is 0.342 e. The number of benzene rings is 1. The topological polar surface area (TPSA) is 34.0 Å². The van der Waals surface area contributed by atoms with Crippen LogP contribution in [0.1, 0.15) is 40.5 Å². The quantitative estimate of drug-likeness (QED) is 0.868. The number of nitrogens with zero attached hydrogens (tertiary/aromatic N) is 1. The van der Waals surface area contributed by atoms with Crippen molar-refractivity contribution in [2.24, 2.45) is 0 Å². The number of hydrogen-bond acceptors (Lipinski definition) is 2. The summed E-state index contributed by atoms with van der Waals surface area (Å²) in [5.41, 5.74) is 2.75. The zero-order valence-electron chi connectivity index (χ0n) is 11.8. The highest BCUT2D eigenvalue weighted by atomic mass is 16.1. The molecule has 2 heterocycles. The molecule has 0 saturated carbocycles. The molecule has 0 atom stereocenters. The van der Waals surface area contributed by atoms with E-state index in [1.807, 2.05) is 49.5 Å². The maximum Gasteiger partial charge on any atom is 0.209 e. The lowest BCUT2D eigenvalue weighted by Gasteiger charge is -2.25. The molecule has 3 rings (SSSR count). The molecule has 0 amide bonds. The fourth-order valence-corrected chi connectivity index (χ4v) is 2.84. The summed E-state index contributed by atoms with van der Waals surface area (Å²) in [7, 11) is 0. The predicted molar refractivity (Wildman–Crippen MR) is 80.2 cm³/mol. The number of nitrogens with one attached hydrogen (secondary N) is 1. The first-order valence-corrected chi connectivity index (χ1v) is 7.24. The number of piperidine rings is 1. The Hall–Kier alpha value is -1.87. The molecule has 104 valence electrons. The van der Waals surface area contributed by atoms with E-state index in [9.17, 15) is 4.79 Å². The summed E-state index contributed by atoms with van der Waals surface area (Å²) in [6.07, 6.45) is 4.21. The Bertz CT molecular complexity index is 592. The molecule has 3 heteroatoms. The number of hydrogen-bond donors (Lipinski definition) is 1. The molecule has 20 heavy (non-hydrogen) atoms. The van der Waals surface area contributed by atoms with Gasteiger partial charge < -0.3 is 9.88 Å². The molecule has 1 saturated heterocycles. The Morgan fingerprint density at radius 2 is 1.85 bits per heavy atom. The molecule has 1 fully saturated rings. The molecule has 0 unspecified atom stereocenters. The van der Waals surface area contributed by atoms with Crippen molar-refractivity contribution in [3.8, 4) is 0 Å². The fraction of sp³-hybridized carbons (Fsp3) is 0.353. The van der Waals surface area contributed by atoms with Crippen LogP contribution in [-0.4, -0.2) is 23.4 Å². The third kappa shape index (κ3) is 2.54. The van der Waals surface area contributed by atoms with Crippen LogP contribution in [0.15, 0.2) is 42.6 Å². The molecule has 0 radical (unpaired) electrons. The molecule has 3 nitrogen and oxygen atoms in total. The lowest BCUT2D eigenvalue weighted by atomic mass is 10.0. The van der Waals surface area contributed by atoms with E-state index in [2.05, 4.69) is 9.88 Å². The molecule has 0 spiro atoms. The Morgan fingerprint density at radius 3 is 2.55 bits per heavy atom. The van der Waals surface area contributed by atoms with Crippen molar-refractivity contribution in [1.29, 1.82) is 0 Å². The lowest BCUT2D eigenvalue weighted by molar-refractivity contribution is 0.102. The van der Waals surface area contributed by atoms with Gasteiger partial charge in [-0.1, -0.05) is 29.8 Å². The fourth-order valence-electron chi connectivity index (χ4n) is 2.84. The third-order valence-corrected chi connectivity index (χ3v) is 4.03. The molecule has 0 bridgehead atoms. The average molecular weight is 268 g/mol. The van der Waals surface area contributed by atoms with Crippen LogP contribution in [0.4, 0.5) is 0 Å². The van der Waals surface area contributed by atoms with Crippen LogP contribution in [-0.2, 0) is 0 Å². The number of rotatable bonds is 3. The number of carbonyl (C=O) groups is 1. The molecule has 2 aromatic rings. The zero-order chi connectivity index (χ0) is 13.9. The minimum Gasteiger partial charge on any atom is -0.342 e. The third-order valence-electron chi connectivity index (χ3n) is 4.03. The van der Waals surface area contributed by atoms with E-state index in [0.29, 0.717) is 6.04 Å². The van der Waals surface area contributed by atoms with Crippen molar-refractivity contribution >= 4 is 5.78 Å². The van der Waals surface area contributed by atoms with Crippen LogP contribution in [0.3, 0.4) is 0 Å². The maximum atomic E-state index is 12.6. The lowest BCUT2D eigenvalue weighted by Crippen LogP contribution is -2.30. The van der Waals surface area contributed by atoms with Crippen LogP contribution >= 0.6 is 0 Å². The van der Waals surface area contributed by atoms with Gasteiger partial charge >= 0.3 is 0 Å². The highest BCUT2D eigenvalue weighted by molar-refractivity contribution is 6.08. The second kappa shape index (κ2) is 5.63. The van der Waals surface area contributed by atoms with Gasteiger partial charge in [0, 0.05) is 17.8 Å². The van der Waals surface area contributed by atoms with E-state index in [0.717, 1.165) is 37.2 Å². The number of aryl methyl sites for hydroxylation is 1. The predicted octanol–water partition coefficient (Wildman–Crippen LogP) is 2.95. The van der Waals surface area contributed by atoms with Gasteiger partial charge in [-0.2, -0.15) is 0 Å². The first-order valence-electron chi connectivity index (χ1n) is 7.24. The highest BCUT2D eigenvalue weighted by Crippen LogP contribution is 2.23. The summed E-state index contributed by atoms with van der Waals surface area (Å²) in [4.78, 5) is 12.6. The second-order valence-electron chi connectivity index (χ2n) is 5.48. The normalized spacial score (nSPS) is 16.2. The monoisotopic (exact) mass is 268 g/mol. The van der Waals surface area contributed by atoms with Crippen LogP contribution < -0.4 is 5.32 Å². The number of aromatic nitrogens is 1. The number of carbonyl (C=O) groups excluding carboxylic acids is 1. The minimum atomic E-state index is 0.119. The molecule has 1 N–H and O–H groups in total. The van der Waals surface area contributed by atoms with E-state index in [1.165, 1.54) is 5.56 Å². The molecule has 0 aliphatic carbocycles. The summed E-state index contributed by atoms with van der Waals surface area (Å²) in [6, 6.07) is 12.2. The Kier molecular flexibility index (Phi) is 3.70. The summed E-state index contributed by atoms with van der Waals surface area (Å²) in [5.74, 6) is 0.119. The van der Waals surface area contributed by atoms with Crippen LogP contribution in [0.2, 0.25) is 0 Å². The number of ketones is 1. The first-order chi connectivity index (χ1) is 9.75. The van der Waals surface area contributed by atoms with Crippen molar-refractivity contribution in [3.63, 3.8) is 0 Å². The van der Waals surface area contributed by atoms with Crippen molar-refractivity contribution < 1.29 is 4.79 Å². The van der Waals surface area contributed by atoms with Crippen molar-refractivity contribution in [2.45, 2.75) is 25.8 Å². The zero-order valence-corrected chi connectivity index (χ0v) is 11.8. The van der Waals surface area contributed by atoms with Gasteiger partial charge in [-0.25, -0.2) is 0 Å². The Labute approximate surface area is 119 Å². The highest BCUT2D eigenvalue weighted by Gasteiger charge is 2.20. The van der Waals surface area contributed by atoms with E-state index in [1.54, 1.807) is 0 Å². The van der Waals surface area contributed by atoms with Gasteiger partial charge in [0.1, 0.15) is 0 Å². The summed E-state index contributed by atoms with van der Waals surface area (Å²) >= 11 is 0. The molecule has 1 aromatic heterocycles. The summed E-state index contributed by atoms with van der Waals surface area (Å²) in [5, 5.41) is 3.37. The van der Waals surface area contributed by atoms with Gasteiger partial charge in [-0.3, -0.25) is 4.79 Å². The summed E-state index contributed by atoms with van der Waals surface area (Å²) < 4.78 is 2.16. The van der Waals surface area contributed by atoms with Gasteiger partial charge in [0.05, 0.1) is 5.69 Å². The van der Waals surface area contributed by atoms with Crippen LogP contribution in [0.25, 0.3) is 0 Å². The van der Waals surface area contributed by atoms with E-state index in [4.69, 9.17) is 0 Å². The van der Waals surface area contributed by atoms with Gasteiger partial charge in [0.25, 0.3) is 0 Å². The van der Waals surface area contributed by atoms with E-state index >= 15 is 0 Å². The van der Waals surface area contributed by atoms with Gasteiger partial charge in [-0.05, 0) is 45.0 Å². The SMILES string of the molecule is Cc1ccc(C(=O)c2cccn2C2CCNCC2)cc1. The molecule has 1 aromatic carbocycles. The standard InChI is InChI=1S/C17H20N2O/c1-13-4-6-14(7-5-13)17(20)16-3-2-12-19(16)15-8-10-18-11-9-15/h2-7,12,15,18H,8-11H2,1H3. The Morgan fingerprint density at radius 1 is 1.15 bits per heavy atom. The maximum absolute atomic E-state index is 12.6. The van der Waals surface area contributed by atoms with Crippen molar-refractivity contribution in [2.75, 3.05) is 13.1 Å². The Balaban J connectivity index is 1.88. The molecular weight excluding hydrogens is 248 g/mol. The van der Waals surface area contributed by atoms with Gasteiger partial charge in [0.2, 0.25) is 5.78 Å². The second-order valence-corrected chi connectivity index (χ2v) is 5.48. The van der Waals surface area contributed by atoms with Gasteiger partial charge in [0.15, 0.2) is 0 Å². The minimum absolute atomic E-state index is 0.119. The summed E-state index contributed by atoms with van der Waals surface area (Å²) in [6.45, 7) is 4.09. The van der Waals surface area contributed by atoms with Crippen LogP contribution in [0, 0.1) is 6.92 Å². The van der Waals surface area contributed by atoms with Crippen LogP contribution in [0.5, 0.6) is 0 Å². The van der Waals surface area contributed by atoms with Gasteiger partial charge in [-0.15, -0.1) is 0 Å². The van der Waals surface area contributed by atoms with E-state index < -0.39 is 0 Å². The molecule has 1 aliphatic heterocycles. The average Bonchev–Trinajstić information content (AvgIpc) is 2.97. The van der Waals surface area contributed by atoms with Crippen molar-refractivity contribution in [1.82, 2.24) is 9.88 Å². The first kappa shape index (κ1) is 13.1. The molecule has 1 aliphatic rings. The smallest absolute Gasteiger partial charge is 0.209 e. The van der Waals surface area contributed by atoms with Crippen molar-refractivity contribution in [3.05, 3.63) is 59.4 Å².